The van der Waals surface area contributed by atoms with Crippen LogP contribution in [0.2, 0.25) is 5.02 Å². The number of aromatic amines is 1. The molecule has 0 radical (unpaired) electrons. The molecule has 0 amide bonds. The van der Waals surface area contributed by atoms with E-state index in [4.69, 9.17) is 16.3 Å². The van der Waals surface area contributed by atoms with E-state index < -0.39 is 10.1 Å². The summed E-state index contributed by atoms with van der Waals surface area (Å²) in [5.74, 6) is 0.709. The number of hydrogen-bond acceptors (Lipinski definition) is 3. The summed E-state index contributed by atoms with van der Waals surface area (Å²) in [6.07, 6.45) is 1.24. The standard InChI is InChI=1S/C15H12ClNO4S/c1-21-10-4-2-9(3-5-10)11-6-12-14(7-13(11)16)17-8-15(12)22(18,19)20/h2-8,17H,1H3,(H,18,19,20). The summed E-state index contributed by atoms with van der Waals surface area (Å²) in [4.78, 5) is 2.62. The zero-order valence-corrected chi connectivity index (χ0v) is 13.1. The molecular formula is C15H12ClNO4S. The van der Waals surface area contributed by atoms with E-state index in [1.165, 1.54) is 6.20 Å². The minimum Gasteiger partial charge on any atom is -0.497 e. The maximum absolute atomic E-state index is 11.4. The molecule has 5 nitrogen and oxygen atoms in total. The van der Waals surface area contributed by atoms with Gasteiger partial charge in [0.05, 0.1) is 12.1 Å². The number of hydrogen-bond donors (Lipinski definition) is 2. The van der Waals surface area contributed by atoms with Gasteiger partial charge in [0.2, 0.25) is 0 Å². The number of methoxy groups -OCH3 is 1. The first-order valence-corrected chi connectivity index (χ1v) is 8.14. The molecule has 3 aromatic rings. The molecule has 0 saturated heterocycles. The molecule has 114 valence electrons. The van der Waals surface area contributed by atoms with Crippen LogP contribution in [0.25, 0.3) is 22.0 Å². The molecule has 7 heteroatoms. The van der Waals surface area contributed by atoms with Gasteiger partial charge in [0.15, 0.2) is 0 Å². The van der Waals surface area contributed by atoms with Gasteiger partial charge in [-0.3, -0.25) is 4.55 Å². The molecule has 0 aliphatic heterocycles. The Morgan fingerprint density at radius 1 is 1.18 bits per heavy atom. The number of nitrogens with one attached hydrogen (secondary N) is 1. The first-order valence-electron chi connectivity index (χ1n) is 6.32. The smallest absolute Gasteiger partial charge is 0.296 e. The fraction of sp³-hybridized carbons (Fsp3) is 0.0667. The minimum atomic E-state index is -4.30. The molecule has 0 aliphatic rings. The molecular weight excluding hydrogens is 326 g/mol. The van der Waals surface area contributed by atoms with Crippen molar-refractivity contribution in [3.05, 3.63) is 47.6 Å². The van der Waals surface area contributed by atoms with Crippen molar-refractivity contribution in [3.63, 3.8) is 0 Å². The lowest BCUT2D eigenvalue weighted by Gasteiger charge is -2.07. The number of benzene rings is 2. The van der Waals surface area contributed by atoms with Gasteiger partial charge < -0.3 is 9.72 Å². The van der Waals surface area contributed by atoms with Crippen LogP contribution in [-0.2, 0) is 10.1 Å². The summed E-state index contributed by atoms with van der Waals surface area (Å²) in [6, 6.07) is 10.5. The van der Waals surface area contributed by atoms with E-state index in [-0.39, 0.29) is 4.90 Å². The first kappa shape index (κ1) is 14.9. The summed E-state index contributed by atoms with van der Waals surface area (Å²) in [5, 5.41) is 0.860. The van der Waals surface area contributed by atoms with Crippen LogP contribution in [-0.4, -0.2) is 25.1 Å². The summed E-state index contributed by atoms with van der Waals surface area (Å²) >= 11 is 6.27. The lowest BCUT2D eigenvalue weighted by atomic mass is 10.0. The Kier molecular flexibility index (Phi) is 3.60. The van der Waals surface area contributed by atoms with Crippen molar-refractivity contribution in [2.24, 2.45) is 0 Å². The third-order valence-corrected chi connectivity index (χ3v) is 4.62. The molecule has 0 atom stereocenters. The fourth-order valence-corrected chi connectivity index (χ4v) is 3.25. The highest BCUT2D eigenvalue weighted by atomic mass is 35.5. The van der Waals surface area contributed by atoms with Crippen LogP contribution in [0.5, 0.6) is 5.75 Å². The lowest BCUT2D eigenvalue weighted by Crippen LogP contribution is -1.96. The maximum Gasteiger partial charge on any atom is 0.296 e. The van der Waals surface area contributed by atoms with Gasteiger partial charge in [-0.15, -0.1) is 0 Å². The number of aromatic nitrogens is 1. The highest BCUT2D eigenvalue weighted by molar-refractivity contribution is 7.86. The Balaban J connectivity index is 2.22. The Morgan fingerprint density at radius 3 is 2.45 bits per heavy atom. The summed E-state index contributed by atoms with van der Waals surface area (Å²) in [5.41, 5.74) is 2.02. The third-order valence-electron chi connectivity index (χ3n) is 3.41. The van der Waals surface area contributed by atoms with Crippen LogP contribution in [0, 0.1) is 0 Å². The second kappa shape index (κ2) is 5.31. The predicted molar refractivity (Wildman–Crippen MR) is 85.1 cm³/mol. The van der Waals surface area contributed by atoms with Crippen LogP contribution in [0.1, 0.15) is 0 Å². The topological polar surface area (TPSA) is 79.4 Å². The molecule has 0 fully saturated rings. The fourth-order valence-electron chi connectivity index (χ4n) is 2.32. The Bertz CT molecular complexity index is 946. The van der Waals surface area contributed by atoms with Crippen LogP contribution >= 0.6 is 11.6 Å². The molecule has 0 spiro atoms. The molecule has 1 aromatic heterocycles. The van der Waals surface area contributed by atoms with E-state index in [1.807, 2.05) is 12.1 Å². The van der Waals surface area contributed by atoms with Gasteiger partial charge in [-0.1, -0.05) is 23.7 Å². The summed E-state index contributed by atoms with van der Waals surface area (Å²) < 4.78 is 37.2. The lowest BCUT2D eigenvalue weighted by molar-refractivity contribution is 0.415. The van der Waals surface area contributed by atoms with Crippen molar-refractivity contribution in [3.8, 4) is 16.9 Å². The molecule has 0 saturated carbocycles. The van der Waals surface area contributed by atoms with Gasteiger partial charge in [0.25, 0.3) is 10.1 Å². The normalized spacial score (nSPS) is 11.8. The monoisotopic (exact) mass is 337 g/mol. The van der Waals surface area contributed by atoms with Crippen molar-refractivity contribution in [1.82, 2.24) is 4.98 Å². The zero-order chi connectivity index (χ0) is 15.9. The van der Waals surface area contributed by atoms with E-state index in [2.05, 4.69) is 4.98 Å². The average Bonchev–Trinajstić information content (AvgIpc) is 2.89. The largest absolute Gasteiger partial charge is 0.497 e. The number of ether oxygens (including phenoxy) is 1. The van der Waals surface area contributed by atoms with Crippen LogP contribution in [0.4, 0.5) is 0 Å². The second-order valence-electron chi connectivity index (χ2n) is 4.73. The predicted octanol–water partition coefficient (Wildman–Crippen LogP) is 3.74. The number of rotatable bonds is 3. The highest BCUT2D eigenvalue weighted by Crippen LogP contribution is 2.35. The molecule has 0 bridgehead atoms. The number of fused-ring (bicyclic) bond motifs is 1. The van der Waals surface area contributed by atoms with Crippen LogP contribution in [0.3, 0.4) is 0 Å². The maximum atomic E-state index is 11.4. The van der Waals surface area contributed by atoms with Gasteiger partial charge in [0.1, 0.15) is 10.6 Å². The van der Waals surface area contributed by atoms with Crippen molar-refractivity contribution < 1.29 is 17.7 Å². The Hall–Kier alpha value is -2.02. The quantitative estimate of drug-likeness (QED) is 0.713. The van der Waals surface area contributed by atoms with Crippen molar-refractivity contribution >= 4 is 32.6 Å². The van der Waals surface area contributed by atoms with Gasteiger partial charge >= 0.3 is 0 Å². The molecule has 0 unspecified atom stereocenters. The SMILES string of the molecule is COc1ccc(-c2cc3c(S(=O)(=O)O)c[nH]c3cc2Cl)cc1. The van der Waals surface area contributed by atoms with E-state index in [0.717, 1.165) is 5.56 Å². The molecule has 22 heavy (non-hydrogen) atoms. The van der Waals surface area contributed by atoms with Crippen molar-refractivity contribution in [1.29, 1.82) is 0 Å². The highest BCUT2D eigenvalue weighted by Gasteiger charge is 2.17. The minimum absolute atomic E-state index is 0.172. The third kappa shape index (κ3) is 2.56. The zero-order valence-electron chi connectivity index (χ0n) is 11.5. The molecule has 2 aromatic carbocycles. The Morgan fingerprint density at radius 2 is 1.86 bits per heavy atom. The average molecular weight is 338 g/mol. The van der Waals surface area contributed by atoms with E-state index in [9.17, 15) is 13.0 Å². The summed E-state index contributed by atoms with van der Waals surface area (Å²) in [6.45, 7) is 0. The second-order valence-corrected chi connectivity index (χ2v) is 6.53. The van der Waals surface area contributed by atoms with Gasteiger partial charge in [-0.2, -0.15) is 8.42 Å². The first-order chi connectivity index (χ1) is 10.4. The molecule has 2 N–H and O–H groups in total. The number of H-pyrrole nitrogens is 1. The van der Waals surface area contributed by atoms with Crippen molar-refractivity contribution in [2.75, 3.05) is 7.11 Å². The number of halogens is 1. The Labute approximate surface area is 132 Å². The molecule has 0 aliphatic carbocycles. The van der Waals surface area contributed by atoms with E-state index >= 15 is 0 Å². The van der Waals surface area contributed by atoms with Crippen LogP contribution < -0.4 is 4.74 Å². The van der Waals surface area contributed by atoms with Crippen LogP contribution in [0.15, 0.2) is 47.5 Å². The van der Waals surface area contributed by atoms with Gasteiger partial charge in [-0.05, 0) is 29.8 Å². The van der Waals surface area contributed by atoms with Crippen molar-refractivity contribution in [2.45, 2.75) is 4.90 Å². The van der Waals surface area contributed by atoms with Gasteiger partial charge in [0, 0.05) is 22.7 Å². The molecule has 3 rings (SSSR count). The van der Waals surface area contributed by atoms with E-state index in [0.29, 0.717) is 27.2 Å². The summed E-state index contributed by atoms with van der Waals surface area (Å²) in [7, 11) is -2.73. The molecule has 1 heterocycles. The van der Waals surface area contributed by atoms with E-state index in [1.54, 1.807) is 31.4 Å². The van der Waals surface area contributed by atoms with Gasteiger partial charge in [-0.25, -0.2) is 0 Å².